The SMILES string of the molecule is CCCCN(C)C1CCNCC1. The Hall–Kier alpha value is -0.0800. The Morgan fingerprint density at radius 3 is 2.58 bits per heavy atom. The minimum absolute atomic E-state index is 0.845. The van der Waals surface area contributed by atoms with Crippen molar-refractivity contribution in [2.45, 2.75) is 38.6 Å². The molecule has 1 saturated heterocycles. The van der Waals surface area contributed by atoms with Gasteiger partial charge in [-0.2, -0.15) is 0 Å². The fraction of sp³-hybridized carbons (Fsp3) is 1.00. The molecule has 1 rings (SSSR count). The highest BCUT2D eigenvalue weighted by Gasteiger charge is 2.16. The molecule has 0 amide bonds. The minimum Gasteiger partial charge on any atom is -0.317 e. The molecule has 1 aliphatic rings. The van der Waals surface area contributed by atoms with Gasteiger partial charge in [-0.15, -0.1) is 0 Å². The third-order valence-corrected chi connectivity index (χ3v) is 2.80. The van der Waals surface area contributed by atoms with Gasteiger partial charge in [0.2, 0.25) is 0 Å². The highest BCUT2D eigenvalue weighted by atomic mass is 15.1. The first kappa shape index (κ1) is 10.0. The predicted molar refractivity (Wildman–Crippen MR) is 53.4 cm³/mol. The summed E-state index contributed by atoms with van der Waals surface area (Å²) in [5.74, 6) is 0. The second-order valence-electron chi connectivity index (χ2n) is 3.82. The number of nitrogens with one attached hydrogen (secondary N) is 1. The minimum atomic E-state index is 0.845. The lowest BCUT2D eigenvalue weighted by Crippen LogP contribution is -2.41. The number of hydrogen-bond donors (Lipinski definition) is 1. The van der Waals surface area contributed by atoms with Crippen molar-refractivity contribution in [3.63, 3.8) is 0 Å². The molecule has 2 heteroatoms. The van der Waals surface area contributed by atoms with Crippen molar-refractivity contribution in [1.29, 1.82) is 0 Å². The molecule has 72 valence electrons. The molecule has 0 unspecified atom stereocenters. The Morgan fingerprint density at radius 2 is 2.00 bits per heavy atom. The molecule has 1 heterocycles. The topological polar surface area (TPSA) is 15.3 Å². The fourth-order valence-corrected chi connectivity index (χ4v) is 1.84. The summed E-state index contributed by atoms with van der Waals surface area (Å²) in [6.45, 7) is 5.96. The molecule has 0 atom stereocenters. The van der Waals surface area contributed by atoms with E-state index in [1.54, 1.807) is 0 Å². The van der Waals surface area contributed by atoms with Crippen molar-refractivity contribution >= 4 is 0 Å². The van der Waals surface area contributed by atoms with Crippen LogP contribution in [-0.4, -0.2) is 37.6 Å². The summed E-state index contributed by atoms with van der Waals surface area (Å²) in [6, 6.07) is 0.845. The van der Waals surface area contributed by atoms with E-state index >= 15 is 0 Å². The molecule has 0 bridgehead atoms. The molecule has 2 nitrogen and oxygen atoms in total. The number of rotatable bonds is 4. The van der Waals surface area contributed by atoms with Crippen molar-refractivity contribution < 1.29 is 0 Å². The van der Waals surface area contributed by atoms with Gasteiger partial charge in [-0.3, -0.25) is 0 Å². The highest BCUT2D eigenvalue weighted by Crippen LogP contribution is 2.10. The fourth-order valence-electron chi connectivity index (χ4n) is 1.84. The van der Waals surface area contributed by atoms with Gasteiger partial charge in [0.25, 0.3) is 0 Å². The molecular weight excluding hydrogens is 148 g/mol. The largest absolute Gasteiger partial charge is 0.317 e. The van der Waals surface area contributed by atoms with Crippen molar-refractivity contribution in [3.05, 3.63) is 0 Å². The Bertz CT molecular complexity index is 108. The van der Waals surface area contributed by atoms with Gasteiger partial charge >= 0.3 is 0 Å². The van der Waals surface area contributed by atoms with E-state index in [4.69, 9.17) is 0 Å². The van der Waals surface area contributed by atoms with E-state index in [0.29, 0.717) is 0 Å². The van der Waals surface area contributed by atoms with Crippen LogP contribution in [0.1, 0.15) is 32.6 Å². The maximum absolute atomic E-state index is 3.40. The Kier molecular flexibility index (Phi) is 4.62. The van der Waals surface area contributed by atoms with Gasteiger partial charge < -0.3 is 10.2 Å². The van der Waals surface area contributed by atoms with Crippen LogP contribution >= 0.6 is 0 Å². The van der Waals surface area contributed by atoms with Crippen LogP contribution in [0.3, 0.4) is 0 Å². The van der Waals surface area contributed by atoms with E-state index in [1.807, 2.05) is 0 Å². The van der Waals surface area contributed by atoms with Crippen molar-refractivity contribution in [2.75, 3.05) is 26.7 Å². The average molecular weight is 170 g/mol. The highest BCUT2D eigenvalue weighted by molar-refractivity contribution is 4.75. The Morgan fingerprint density at radius 1 is 1.33 bits per heavy atom. The van der Waals surface area contributed by atoms with Gasteiger partial charge in [0.05, 0.1) is 0 Å². The van der Waals surface area contributed by atoms with Crippen LogP contribution in [0.4, 0.5) is 0 Å². The Labute approximate surface area is 76.3 Å². The predicted octanol–water partition coefficient (Wildman–Crippen LogP) is 1.47. The van der Waals surface area contributed by atoms with Gasteiger partial charge in [0.1, 0.15) is 0 Å². The van der Waals surface area contributed by atoms with Crippen LogP contribution in [-0.2, 0) is 0 Å². The summed E-state index contributed by atoms with van der Waals surface area (Å²) >= 11 is 0. The van der Waals surface area contributed by atoms with Crippen LogP contribution in [0.5, 0.6) is 0 Å². The molecule has 0 radical (unpaired) electrons. The van der Waals surface area contributed by atoms with Crippen LogP contribution < -0.4 is 5.32 Å². The van der Waals surface area contributed by atoms with E-state index in [-0.39, 0.29) is 0 Å². The van der Waals surface area contributed by atoms with Crippen LogP contribution in [0.2, 0.25) is 0 Å². The van der Waals surface area contributed by atoms with Crippen molar-refractivity contribution in [2.24, 2.45) is 0 Å². The second-order valence-corrected chi connectivity index (χ2v) is 3.82. The summed E-state index contributed by atoms with van der Waals surface area (Å²) in [5, 5.41) is 3.40. The lowest BCUT2D eigenvalue weighted by atomic mass is 10.1. The number of hydrogen-bond acceptors (Lipinski definition) is 2. The van der Waals surface area contributed by atoms with E-state index in [0.717, 1.165) is 6.04 Å². The number of piperidine rings is 1. The van der Waals surface area contributed by atoms with Crippen LogP contribution in [0.25, 0.3) is 0 Å². The van der Waals surface area contributed by atoms with E-state index < -0.39 is 0 Å². The molecule has 1 aliphatic heterocycles. The molecule has 1 N–H and O–H groups in total. The normalized spacial score (nSPS) is 20.2. The second kappa shape index (κ2) is 5.55. The first-order valence-corrected chi connectivity index (χ1v) is 5.25. The zero-order valence-corrected chi connectivity index (χ0v) is 8.47. The third-order valence-electron chi connectivity index (χ3n) is 2.80. The maximum Gasteiger partial charge on any atom is 0.0116 e. The molecular formula is C10H22N2. The summed E-state index contributed by atoms with van der Waals surface area (Å²) in [7, 11) is 2.27. The summed E-state index contributed by atoms with van der Waals surface area (Å²) in [6.07, 6.45) is 5.33. The summed E-state index contributed by atoms with van der Waals surface area (Å²) < 4.78 is 0. The van der Waals surface area contributed by atoms with Crippen molar-refractivity contribution in [3.8, 4) is 0 Å². The standard InChI is InChI=1S/C10H22N2/c1-3-4-9-12(2)10-5-7-11-8-6-10/h10-11H,3-9H2,1-2H3. The lowest BCUT2D eigenvalue weighted by molar-refractivity contribution is 0.197. The molecule has 0 spiro atoms. The summed E-state index contributed by atoms with van der Waals surface area (Å²) in [5.41, 5.74) is 0. The van der Waals surface area contributed by atoms with Gasteiger partial charge in [-0.25, -0.2) is 0 Å². The number of unbranched alkanes of at least 4 members (excludes halogenated alkanes) is 1. The van der Waals surface area contributed by atoms with Gasteiger partial charge in [0.15, 0.2) is 0 Å². The zero-order valence-electron chi connectivity index (χ0n) is 8.47. The van der Waals surface area contributed by atoms with Gasteiger partial charge in [0, 0.05) is 6.04 Å². The average Bonchev–Trinajstić information content (AvgIpc) is 2.15. The molecule has 12 heavy (non-hydrogen) atoms. The monoisotopic (exact) mass is 170 g/mol. The molecule has 0 aromatic carbocycles. The van der Waals surface area contributed by atoms with Gasteiger partial charge in [-0.1, -0.05) is 13.3 Å². The molecule has 0 saturated carbocycles. The molecule has 0 aromatic rings. The third kappa shape index (κ3) is 3.11. The van der Waals surface area contributed by atoms with Gasteiger partial charge in [-0.05, 0) is 45.9 Å². The lowest BCUT2D eigenvalue weighted by Gasteiger charge is -2.31. The Balaban J connectivity index is 2.15. The molecule has 1 fully saturated rings. The summed E-state index contributed by atoms with van der Waals surface area (Å²) in [4.78, 5) is 2.53. The quantitative estimate of drug-likeness (QED) is 0.687. The first-order valence-electron chi connectivity index (χ1n) is 5.25. The zero-order chi connectivity index (χ0) is 8.81. The number of nitrogens with zero attached hydrogens (tertiary/aromatic N) is 1. The molecule has 0 aromatic heterocycles. The molecule has 0 aliphatic carbocycles. The van der Waals surface area contributed by atoms with E-state index in [1.165, 1.54) is 45.3 Å². The van der Waals surface area contributed by atoms with Crippen LogP contribution in [0, 0.1) is 0 Å². The van der Waals surface area contributed by atoms with Crippen molar-refractivity contribution in [1.82, 2.24) is 10.2 Å². The van der Waals surface area contributed by atoms with E-state index in [2.05, 4.69) is 24.2 Å². The first-order chi connectivity index (χ1) is 5.84. The van der Waals surface area contributed by atoms with Crippen LogP contribution in [0.15, 0.2) is 0 Å². The van der Waals surface area contributed by atoms with E-state index in [9.17, 15) is 0 Å². The maximum atomic E-state index is 3.40. The smallest absolute Gasteiger partial charge is 0.0116 e.